The first-order valence-corrected chi connectivity index (χ1v) is 6.61. The number of benzene rings is 1. The fourth-order valence-corrected chi connectivity index (χ4v) is 1.93. The van der Waals surface area contributed by atoms with E-state index in [0.29, 0.717) is 22.9 Å². The van der Waals surface area contributed by atoms with E-state index in [4.69, 9.17) is 22.1 Å². The van der Waals surface area contributed by atoms with Crippen LogP contribution < -0.4 is 10.5 Å². The minimum absolute atomic E-state index is 0.221. The average molecular weight is 270 g/mol. The molecule has 18 heavy (non-hydrogen) atoms. The molecule has 0 bridgehead atoms. The number of rotatable bonds is 6. The summed E-state index contributed by atoms with van der Waals surface area (Å²) >= 11 is 6.01. The van der Waals surface area contributed by atoms with E-state index in [2.05, 4.69) is 6.92 Å². The van der Waals surface area contributed by atoms with Crippen LogP contribution in [0, 0.1) is 0 Å². The highest BCUT2D eigenvalue weighted by molar-refractivity contribution is 6.31. The highest BCUT2D eigenvalue weighted by Gasteiger charge is 2.17. The van der Waals surface area contributed by atoms with Gasteiger partial charge in [-0.25, -0.2) is 0 Å². The van der Waals surface area contributed by atoms with E-state index in [1.807, 2.05) is 19.9 Å². The Kier molecular flexibility index (Phi) is 5.48. The lowest BCUT2D eigenvalue weighted by Gasteiger charge is -2.17. The Morgan fingerprint density at radius 3 is 2.61 bits per heavy atom. The molecular weight excluding hydrogens is 250 g/mol. The summed E-state index contributed by atoms with van der Waals surface area (Å²) in [6.07, 6.45) is 1.98. The van der Waals surface area contributed by atoms with Crippen LogP contribution in [-0.4, -0.2) is 12.5 Å². The van der Waals surface area contributed by atoms with Gasteiger partial charge in [0, 0.05) is 5.02 Å². The molecule has 0 aliphatic heterocycles. The first-order chi connectivity index (χ1) is 8.47. The van der Waals surface area contributed by atoms with Crippen LogP contribution in [0.15, 0.2) is 12.1 Å². The maximum Gasteiger partial charge on any atom is 0.252 e. The molecule has 0 heterocycles. The molecule has 1 amide bonds. The topological polar surface area (TPSA) is 52.3 Å². The molecule has 4 heteroatoms. The summed E-state index contributed by atoms with van der Waals surface area (Å²) in [5.74, 6) is 0.291. The third-order valence-electron chi connectivity index (χ3n) is 2.71. The second kappa shape index (κ2) is 6.64. The number of amides is 1. The van der Waals surface area contributed by atoms with Crippen molar-refractivity contribution in [3.05, 3.63) is 28.3 Å². The van der Waals surface area contributed by atoms with Crippen LogP contribution in [0.25, 0.3) is 0 Å². The van der Waals surface area contributed by atoms with Gasteiger partial charge in [-0.1, -0.05) is 38.8 Å². The van der Waals surface area contributed by atoms with Gasteiger partial charge < -0.3 is 10.5 Å². The van der Waals surface area contributed by atoms with Gasteiger partial charge in [-0.2, -0.15) is 0 Å². The molecule has 100 valence electrons. The molecule has 0 fully saturated rings. The van der Waals surface area contributed by atoms with Crippen molar-refractivity contribution in [1.29, 1.82) is 0 Å². The molecule has 1 aromatic carbocycles. The van der Waals surface area contributed by atoms with E-state index in [-0.39, 0.29) is 5.92 Å². The number of nitrogens with two attached hydrogens (primary N) is 1. The molecular formula is C14H20ClNO2. The highest BCUT2D eigenvalue weighted by atomic mass is 35.5. The quantitative estimate of drug-likeness (QED) is 0.800. The number of unbranched alkanes of at least 4 members (excludes halogenated alkanes) is 1. The second-order valence-electron chi connectivity index (χ2n) is 4.59. The number of hydrogen-bond donors (Lipinski definition) is 1. The molecule has 0 spiro atoms. The molecule has 0 unspecified atom stereocenters. The maximum absolute atomic E-state index is 11.5. The molecule has 1 rings (SSSR count). The summed E-state index contributed by atoms with van der Waals surface area (Å²) in [5, 5.41) is 0.510. The number of carbonyl (C=O) groups is 1. The monoisotopic (exact) mass is 269 g/mol. The molecule has 0 aliphatic rings. The van der Waals surface area contributed by atoms with Crippen LogP contribution in [0.4, 0.5) is 0 Å². The van der Waals surface area contributed by atoms with Crippen molar-refractivity contribution in [3.63, 3.8) is 0 Å². The maximum atomic E-state index is 11.5. The van der Waals surface area contributed by atoms with E-state index in [9.17, 15) is 4.79 Å². The van der Waals surface area contributed by atoms with Crippen molar-refractivity contribution in [2.24, 2.45) is 5.73 Å². The number of hydrogen-bond acceptors (Lipinski definition) is 2. The van der Waals surface area contributed by atoms with Crippen LogP contribution in [0.3, 0.4) is 0 Å². The Hall–Kier alpha value is -1.22. The molecule has 2 N–H and O–H groups in total. The molecule has 0 aromatic heterocycles. The Bertz CT molecular complexity index is 430. The summed E-state index contributed by atoms with van der Waals surface area (Å²) < 4.78 is 5.73. The van der Waals surface area contributed by atoms with Crippen LogP contribution in [-0.2, 0) is 0 Å². The van der Waals surface area contributed by atoms with Crippen molar-refractivity contribution < 1.29 is 9.53 Å². The standard InChI is InChI=1S/C14H20ClNO2/c1-4-5-6-18-13-11(9(2)3)7-10(15)8-12(13)14(16)17/h7-9H,4-6H2,1-3H3,(H2,16,17). The van der Waals surface area contributed by atoms with Crippen molar-refractivity contribution in [3.8, 4) is 5.75 Å². The van der Waals surface area contributed by atoms with Gasteiger partial charge >= 0.3 is 0 Å². The Labute approximate surface area is 113 Å². The summed E-state index contributed by atoms with van der Waals surface area (Å²) in [6.45, 7) is 6.73. The van der Waals surface area contributed by atoms with Gasteiger partial charge in [0.25, 0.3) is 5.91 Å². The van der Waals surface area contributed by atoms with E-state index in [1.54, 1.807) is 6.07 Å². The smallest absolute Gasteiger partial charge is 0.252 e. The minimum atomic E-state index is -0.508. The minimum Gasteiger partial charge on any atom is -0.492 e. The fourth-order valence-electron chi connectivity index (χ4n) is 1.71. The molecule has 0 saturated carbocycles. The van der Waals surface area contributed by atoms with E-state index in [0.717, 1.165) is 18.4 Å². The fraction of sp³-hybridized carbons (Fsp3) is 0.500. The Morgan fingerprint density at radius 1 is 1.44 bits per heavy atom. The van der Waals surface area contributed by atoms with Gasteiger partial charge in [-0.15, -0.1) is 0 Å². The van der Waals surface area contributed by atoms with Crippen molar-refractivity contribution in [2.75, 3.05) is 6.61 Å². The Morgan fingerprint density at radius 2 is 2.11 bits per heavy atom. The zero-order valence-electron chi connectivity index (χ0n) is 11.1. The Balaban J connectivity index is 3.18. The first-order valence-electron chi connectivity index (χ1n) is 6.23. The normalized spacial score (nSPS) is 10.7. The summed E-state index contributed by atoms with van der Waals surface area (Å²) in [7, 11) is 0. The zero-order chi connectivity index (χ0) is 13.7. The SMILES string of the molecule is CCCCOc1c(C(N)=O)cc(Cl)cc1C(C)C. The van der Waals surface area contributed by atoms with Crippen LogP contribution >= 0.6 is 11.6 Å². The van der Waals surface area contributed by atoms with Crippen LogP contribution in [0.2, 0.25) is 5.02 Å². The molecule has 0 atom stereocenters. The third-order valence-corrected chi connectivity index (χ3v) is 2.93. The van der Waals surface area contributed by atoms with Gasteiger partial charge in [0.1, 0.15) is 5.75 Å². The lowest BCUT2D eigenvalue weighted by molar-refractivity contribution is 0.0996. The van der Waals surface area contributed by atoms with Gasteiger partial charge in [0.05, 0.1) is 12.2 Å². The molecule has 1 aromatic rings. The van der Waals surface area contributed by atoms with E-state index < -0.39 is 5.91 Å². The van der Waals surface area contributed by atoms with E-state index in [1.165, 1.54) is 0 Å². The van der Waals surface area contributed by atoms with Gasteiger partial charge in [0.2, 0.25) is 0 Å². The lowest BCUT2D eigenvalue weighted by atomic mass is 9.98. The average Bonchev–Trinajstić information content (AvgIpc) is 2.30. The van der Waals surface area contributed by atoms with Gasteiger partial charge in [0.15, 0.2) is 0 Å². The van der Waals surface area contributed by atoms with Crippen molar-refractivity contribution >= 4 is 17.5 Å². The van der Waals surface area contributed by atoms with Gasteiger partial charge in [-0.05, 0) is 30.0 Å². The van der Waals surface area contributed by atoms with Crippen LogP contribution in [0.1, 0.15) is 55.5 Å². The summed E-state index contributed by atoms with van der Waals surface area (Å²) in [5.41, 5.74) is 6.67. The van der Waals surface area contributed by atoms with Gasteiger partial charge in [-0.3, -0.25) is 4.79 Å². The van der Waals surface area contributed by atoms with Crippen molar-refractivity contribution in [2.45, 2.75) is 39.5 Å². The number of primary amides is 1. The first kappa shape index (κ1) is 14.8. The van der Waals surface area contributed by atoms with Crippen molar-refractivity contribution in [1.82, 2.24) is 0 Å². The lowest BCUT2D eigenvalue weighted by Crippen LogP contribution is -2.15. The number of carbonyl (C=O) groups excluding carboxylic acids is 1. The predicted octanol–water partition coefficient (Wildman–Crippen LogP) is 3.74. The summed E-state index contributed by atoms with van der Waals surface area (Å²) in [6, 6.07) is 3.40. The second-order valence-corrected chi connectivity index (χ2v) is 5.03. The predicted molar refractivity (Wildman–Crippen MR) is 74.5 cm³/mol. The molecule has 3 nitrogen and oxygen atoms in total. The third kappa shape index (κ3) is 3.64. The number of halogens is 1. The largest absolute Gasteiger partial charge is 0.492 e. The molecule has 0 saturated heterocycles. The van der Waals surface area contributed by atoms with E-state index >= 15 is 0 Å². The highest BCUT2D eigenvalue weighted by Crippen LogP contribution is 2.33. The number of ether oxygens (including phenoxy) is 1. The molecule has 0 aliphatic carbocycles. The van der Waals surface area contributed by atoms with Crippen LogP contribution in [0.5, 0.6) is 5.75 Å². The zero-order valence-corrected chi connectivity index (χ0v) is 11.9. The molecule has 0 radical (unpaired) electrons. The summed E-state index contributed by atoms with van der Waals surface area (Å²) in [4.78, 5) is 11.5.